The summed E-state index contributed by atoms with van der Waals surface area (Å²) >= 11 is 0. The Hall–Kier alpha value is -1.36. The van der Waals surface area contributed by atoms with Crippen LogP contribution in [0.25, 0.3) is 0 Å². The van der Waals surface area contributed by atoms with Crippen LogP contribution in [0.5, 0.6) is 0 Å². The van der Waals surface area contributed by atoms with E-state index in [-0.39, 0.29) is 24.2 Å². The number of rotatable bonds is 5. The summed E-state index contributed by atoms with van der Waals surface area (Å²) in [6.45, 7) is 3.72. The highest BCUT2D eigenvalue weighted by atomic mass is 16.4. The van der Waals surface area contributed by atoms with Crippen LogP contribution >= 0.6 is 0 Å². The number of nitrogens with two attached hydrogens (primary N) is 1. The second-order valence-corrected chi connectivity index (χ2v) is 4.90. The number of carbonyl (C=O) groups is 2. The van der Waals surface area contributed by atoms with Gasteiger partial charge in [0, 0.05) is 32.1 Å². The first-order chi connectivity index (χ1) is 8.54. The van der Waals surface area contributed by atoms with Gasteiger partial charge < -0.3 is 15.7 Å². The molecule has 0 spiro atoms. The van der Waals surface area contributed by atoms with Crippen molar-refractivity contribution in [3.05, 3.63) is 12.2 Å². The molecule has 1 amide bonds. The number of nitrogens with zero attached hydrogens (tertiary/aromatic N) is 1. The van der Waals surface area contributed by atoms with Gasteiger partial charge in [-0.3, -0.25) is 9.59 Å². The fourth-order valence-corrected chi connectivity index (χ4v) is 2.39. The van der Waals surface area contributed by atoms with Crippen LogP contribution in [0.2, 0.25) is 0 Å². The van der Waals surface area contributed by atoms with Crippen molar-refractivity contribution in [2.45, 2.75) is 26.2 Å². The minimum Gasteiger partial charge on any atom is -0.481 e. The number of aliphatic carboxylic acids is 1. The molecule has 1 saturated heterocycles. The van der Waals surface area contributed by atoms with Crippen LogP contribution in [0.15, 0.2) is 12.2 Å². The molecule has 2 atom stereocenters. The Morgan fingerprint density at radius 3 is 2.89 bits per heavy atom. The van der Waals surface area contributed by atoms with Crippen LogP contribution < -0.4 is 5.73 Å². The number of likely N-dealkylation sites (tertiary alicyclic amines) is 1. The lowest BCUT2D eigenvalue weighted by Gasteiger charge is -2.35. The first-order valence-electron chi connectivity index (χ1n) is 6.42. The molecule has 0 aromatic heterocycles. The molecule has 0 saturated carbocycles. The Balaban J connectivity index is 2.52. The van der Waals surface area contributed by atoms with E-state index in [2.05, 4.69) is 0 Å². The maximum atomic E-state index is 11.8. The predicted octanol–water partition coefficient (Wildman–Crippen LogP) is 0.851. The molecule has 5 heteroatoms. The average molecular weight is 254 g/mol. The SMILES string of the molecule is CC(CC(=O)O)C1CCCN(C(=O)/C=C/CN)C1. The summed E-state index contributed by atoms with van der Waals surface area (Å²) in [7, 11) is 0. The van der Waals surface area contributed by atoms with E-state index in [9.17, 15) is 9.59 Å². The van der Waals surface area contributed by atoms with Gasteiger partial charge >= 0.3 is 5.97 Å². The number of hydrogen-bond acceptors (Lipinski definition) is 3. The Bertz CT molecular complexity index is 328. The number of carbonyl (C=O) groups excluding carboxylic acids is 1. The van der Waals surface area contributed by atoms with E-state index in [1.807, 2.05) is 6.92 Å². The zero-order chi connectivity index (χ0) is 13.5. The van der Waals surface area contributed by atoms with E-state index < -0.39 is 5.97 Å². The number of carboxylic acid groups (broad SMARTS) is 1. The largest absolute Gasteiger partial charge is 0.481 e. The lowest BCUT2D eigenvalue weighted by molar-refractivity contribution is -0.138. The molecule has 1 aliphatic rings. The first kappa shape index (κ1) is 14.7. The molecule has 2 unspecified atom stereocenters. The Morgan fingerprint density at radius 1 is 1.56 bits per heavy atom. The second-order valence-electron chi connectivity index (χ2n) is 4.90. The third-order valence-electron chi connectivity index (χ3n) is 3.47. The predicted molar refractivity (Wildman–Crippen MR) is 68.9 cm³/mol. The van der Waals surface area contributed by atoms with Crippen molar-refractivity contribution in [2.24, 2.45) is 17.6 Å². The van der Waals surface area contributed by atoms with Gasteiger partial charge in [0.2, 0.25) is 5.91 Å². The van der Waals surface area contributed by atoms with Crippen molar-refractivity contribution in [3.63, 3.8) is 0 Å². The molecule has 0 aromatic carbocycles. The minimum atomic E-state index is -0.769. The maximum absolute atomic E-state index is 11.8. The van der Waals surface area contributed by atoms with Crippen LogP contribution in [-0.4, -0.2) is 41.5 Å². The molecular formula is C13H22N2O3. The topological polar surface area (TPSA) is 83.6 Å². The highest BCUT2D eigenvalue weighted by Crippen LogP contribution is 2.26. The molecule has 18 heavy (non-hydrogen) atoms. The van der Waals surface area contributed by atoms with Gasteiger partial charge in [-0.1, -0.05) is 13.0 Å². The van der Waals surface area contributed by atoms with E-state index >= 15 is 0 Å². The number of piperidine rings is 1. The third-order valence-corrected chi connectivity index (χ3v) is 3.47. The van der Waals surface area contributed by atoms with Gasteiger partial charge in [-0.2, -0.15) is 0 Å². The monoisotopic (exact) mass is 254 g/mol. The molecule has 1 fully saturated rings. The second kappa shape index (κ2) is 7.16. The van der Waals surface area contributed by atoms with Gasteiger partial charge in [0.05, 0.1) is 0 Å². The average Bonchev–Trinajstić information content (AvgIpc) is 2.35. The summed E-state index contributed by atoms with van der Waals surface area (Å²) in [5.74, 6) is -0.400. The smallest absolute Gasteiger partial charge is 0.303 e. The van der Waals surface area contributed by atoms with Gasteiger partial charge in [0.25, 0.3) is 0 Å². The molecule has 0 bridgehead atoms. The molecular weight excluding hydrogens is 232 g/mol. The standard InChI is InChI=1S/C13H22N2O3/c1-10(8-13(17)18)11-4-3-7-15(9-11)12(16)5-2-6-14/h2,5,10-11H,3-4,6-9,14H2,1H3,(H,17,18)/b5-2+. The summed E-state index contributed by atoms with van der Waals surface area (Å²) in [5, 5.41) is 8.80. The highest BCUT2D eigenvalue weighted by Gasteiger charge is 2.27. The van der Waals surface area contributed by atoms with Crippen LogP contribution in [0.1, 0.15) is 26.2 Å². The van der Waals surface area contributed by atoms with Crippen molar-refractivity contribution in [1.29, 1.82) is 0 Å². The van der Waals surface area contributed by atoms with E-state index in [0.717, 1.165) is 19.4 Å². The Labute approximate surface area is 108 Å². The molecule has 0 aliphatic carbocycles. The lowest BCUT2D eigenvalue weighted by atomic mass is 9.84. The molecule has 1 rings (SSSR count). The van der Waals surface area contributed by atoms with Gasteiger partial charge in [-0.25, -0.2) is 0 Å². The molecule has 1 aliphatic heterocycles. The first-order valence-corrected chi connectivity index (χ1v) is 6.42. The van der Waals surface area contributed by atoms with E-state index in [1.54, 1.807) is 11.0 Å². The molecule has 0 radical (unpaired) electrons. The van der Waals surface area contributed by atoms with Gasteiger partial charge in [0.15, 0.2) is 0 Å². The van der Waals surface area contributed by atoms with Gasteiger partial charge in [-0.15, -0.1) is 0 Å². The zero-order valence-electron chi connectivity index (χ0n) is 10.8. The molecule has 102 valence electrons. The fourth-order valence-electron chi connectivity index (χ4n) is 2.39. The van der Waals surface area contributed by atoms with E-state index in [0.29, 0.717) is 13.1 Å². The summed E-state index contributed by atoms with van der Waals surface area (Å²) < 4.78 is 0. The number of carboxylic acids is 1. The third kappa shape index (κ3) is 4.49. The molecule has 5 nitrogen and oxygen atoms in total. The van der Waals surface area contributed by atoms with Crippen molar-refractivity contribution in [2.75, 3.05) is 19.6 Å². The van der Waals surface area contributed by atoms with Crippen LogP contribution in [0.3, 0.4) is 0 Å². The van der Waals surface area contributed by atoms with Crippen molar-refractivity contribution < 1.29 is 14.7 Å². The summed E-state index contributed by atoms with van der Waals surface area (Å²) in [6, 6.07) is 0. The van der Waals surface area contributed by atoms with Crippen molar-refractivity contribution >= 4 is 11.9 Å². The number of amides is 1. The minimum absolute atomic E-state index is 0.0207. The van der Waals surface area contributed by atoms with Crippen LogP contribution in [0, 0.1) is 11.8 Å². The maximum Gasteiger partial charge on any atom is 0.303 e. The molecule has 0 aromatic rings. The molecule has 1 heterocycles. The van der Waals surface area contributed by atoms with Gasteiger partial charge in [-0.05, 0) is 24.7 Å². The fraction of sp³-hybridized carbons (Fsp3) is 0.692. The van der Waals surface area contributed by atoms with Gasteiger partial charge in [0.1, 0.15) is 0 Å². The molecule has 3 N–H and O–H groups in total. The quantitative estimate of drug-likeness (QED) is 0.712. The Kier molecular flexibility index (Phi) is 5.85. The number of hydrogen-bond donors (Lipinski definition) is 2. The zero-order valence-corrected chi connectivity index (χ0v) is 10.8. The van der Waals surface area contributed by atoms with Crippen molar-refractivity contribution in [1.82, 2.24) is 4.90 Å². The normalized spacial score (nSPS) is 22.1. The van der Waals surface area contributed by atoms with Crippen molar-refractivity contribution in [3.8, 4) is 0 Å². The lowest BCUT2D eigenvalue weighted by Crippen LogP contribution is -2.41. The Morgan fingerprint density at radius 2 is 2.28 bits per heavy atom. The van der Waals surface area contributed by atoms with E-state index in [4.69, 9.17) is 10.8 Å². The van der Waals surface area contributed by atoms with E-state index in [1.165, 1.54) is 6.08 Å². The summed E-state index contributed by atoms with van der Waals surface area (Å²) in [6.07, 6.45) is 5.26. The summed E-state index contributed by atoms with van der Waals surface area (Å²) in [5.41, 5.74) is 5.31. The summed E-state index contributed by atoms with van der Waals surface area (Å²) in [4.78, 5) is 24.3. The van der Waals surface area contributed by atoms with Crippen LogP contribution in [0.4, 0.5) is 0 Å². The van der Waals surface area contributed by atoms with Crippen LogP contribution in [-0.2, 0) is 9.59 Å². The highest BCUT2D eigenvalue weighted by molar-refractivity contribution is 5.87.